The molecule has 0 atom stereocenters. The van der Waals surface area contributed by atoms with E-state index in [2.05, 4.69) is 65.5 Å². The average molecular weight is 955 g/mol. The van der Waals surface area contributed by atoms with Crippen LogP contribution in [0.4, 0.5) is 0 Å². The Morgan fingerprint density at radius 2 is 0.831 bits per heavy atom. The second-order valence-electron chi connectivity index (χ2n) is 21.2. The Labute approximate surface area is 389 Å². The van der Waals surface area contributed by atoms with Crippen molar-refractivity contribution in [3.8, 4) is 0 Å². The fraction of sp³-hybridized carbons (Fsp3) is 0.520. The maximum Gasteiger partial charge on any atom is 0.261 e. The highest BCUT2D eigenvalue weighted by Crippen LogP contribution is 2.46. The first kappa shape index (κ1) is 49.3. The fourth-order valence-electron chi connectivity index (χ4n) is 10.5. The van der Waals surface area contributed by atoms with E-state index < -0.39 is 33.3 Å². The van der Waals surface area contributed by atoms with Gasteiger partial charge < -0.3 is 22.4 Å². The molecular formula is C50H70N2O9Si4. The van der Waals surface area contributed by atoms with Crippen molar-refractivity contribution in [2.45, 2.75) is 122 Å². The highest BCUT2D eigenvalue weighted by atomic mass is 28.4. The molecule has 7 rings (SSSR count). The van der Waals surface area contributed by atoms with Crippen molar-refractivity contribution in [2.75, 3.05) is 46.7 Å². The molecule has 0 saturated heterocycles. The summed E-state index contributed by atoms with van der Waals surface area (Å²) in [5, 5.41) is 6.51. The SMILES string of the molecule is COCCOCCOCCN1C(=O)c2ccc3c4ccc5c6c(ccc(c7ccc(c2c37)C1=O)c64)C(=O)N(C(CCCC[Si](C)(C)O[Si](C)(C)C)CCCC[Si](C)(C)O[Si](C)(C)C)C5=O. The number of nitrogens with zero attached hydrogens (tertiary/aromatic N) is 2. The standard InChI is InChI=1S/C50H70N2O9Si4/c1-57-28-29-59-31-30-58-27-26-51-47(53)39-22-18-35-37-20-24-41-46-42(25-21-38(44(37)46)36-19-23-40(48(51)54)45(39)43(35)36)50(56)52(49(41)55)34(16-12-14-32-64(8,9)60-62(2,3)4)17-13-15-33-65(10,11)61-63(5,6)7/h18-25,34H,12-17,26-33H2,1-11H3. The molecule has 0 spiro atoms. The number of carbonyl (C=O) groups is 4. The summed E-state index contributed by atoms with van der Waals surface area (Å²) in [6, 6.07) is 17.1. The van der Waals surface area contributed by atoms with Crippen LogP contribution in [0.15, 0.2) is 48.5 Å². The largest absolute Gasteiger partial charge is 0.456 e. The van der Waals surface area contributed by atoms with Gasteiger partial charge in [-0.05, 0) is 147 Å². The van der Waals surface area contributed by atoms with Crippen LogP contribution in [-0.2, 0) is 22.4 Å². The number of amides is 4. The minimum absolute atomic E-state index is 0.120. The summed E-state index contributed by atoms with van der Waals surface area (Å²) < 4.78 is 29.5. The van der Waals surface area contributed by atoms with Crippen molar-refractivity contribution in [3.63, 3.8) is 0 Å². The zero-order valence-corrected chi connectivity index (χ0v) is 44.7. The molecule has 2 aliphatic heterocycles. The van der Waals surface area contributed by atoms with Gasteiger partial charge in [0.2, 0.25) is 0 Å². The molecule has 4 amide bonds. The summed E-state index contributed by atoms with van der Waals surface area (Å²) in [5.74, 6) is -1.19. The van der Waals surface area contributed by atoms with Crippen LogP contribution < -0.4 is 0 Å². The van der Waals surface area contributed by atoms with E-state index in [0.29, 0.717) is 59.5 Å². The van der Waals surface area contributed by atoms with Crippen LogP contribution in [0.5, 0.6) is 0 Å². The van der Waals surface area contributed by atoms with Gasteiger partial charge in [-0.3, -0.25) is 29.0 Å². The molecule has 0 fully saturated rings. The van der Waals surface area contributed by atoms with Gasteiger partial charge in [-0.15, -0.1) is 0 Å². The summed E-state index contributed by atoms with van der Waals surface area (Å²) in [4.78, 5) is 60.7. The maximum atomic E-state index is 14.9. The van der Waals surface area contributed by atoms with Gasteiger partial charge in [0.05, 0.1) is 39.6 Å². The quantitative estimate of drug-likeness (QED) is 0.0196. The van der Waals surface area contributed by atoms with Gasteiger partial charge in [0.15, 0.2) is 33.3 Å². The topological polar surface area (TPSA) is 121 Å². The predicted octanol–water partition coefficient (Wildman–Crippen LogP) is 11.4. The number of hydrogen-bond donors (Lipinski definition) is 0. The van der Waals surface area contributed by atoms with E-state index in [1.807, 2.05) is 48.5 Å². The van der Waals surface area contributed by atoms with Crippen LogP contribution in [0, 0.1) is 0 Å². The first-order valence-corrected chi connectivity index (χ1v) is 36.7. The van der Waals surface area contributed by atoms with Crippen LogP contribution in [0.25, 0.3) is 43.1 Å². The lowest BCUT2D eigenvalue weighted by Crippen LogP contribution is -2.47. The molecule has 0 aromatic heterocycles. The lowest BCUT2D eigenvalue weighted by Gasteiger charge is -2.35. The maximum absolute atomic E-state index is 14.9. The lowest BCUT2D eigenvalue weighted by molar-refractivity contribution is 0.0189. The van der Waals surface area contributed by atoms with Gasteiger partial charge in [-0.25, -0.2) is 0 Å². The van der Waals surface area contributed by atoms with Gasteiger partial charge in [-0.1, -0.05) is 49.9 Å². The first-order valence-electron chi connectivity index (χ1n) is 23.6. The highest BCUT2D eigenvalue weighted by molar-refractivity contribution is 6.84. The van der Waals surface area contributed by atoms with Crippen LogP contribution in [-0.4, -0.2) is 119 Å². The molecule has 0 radical (unpaired) electrons. The third kappa shape index (κ3) is 10.7. The van der Waals surface area contributed by atoms with Crippen molar-refractivity contribution in [3.05, 3.63) is 70.8 Å². The molecule has 0 unspecified atom stereocenters. The van der Waals surface area contributed by atoms with Crippen molar-refractivity contribution >= 4 is 100.0 Å². The fourth-order valence-corrected chi connectivity index (χ4v) is 26.8. The predicted molar refractivity (Wildman–Crippen MR) is 272 cm³/mol. The number of ether oxygens (including phenoxy) is 3. The third-order valence-corrected chi connectivity index (χ3v) is 25.1. The monoisotopic (exact) mass is 954 g/mol. The summed E-state index contributed by atoms with van der Waals surface area (Å²) in [5.41, 5.74) is 2.01. The summed E-state index contributed by atoms with van der Waals surface area (Å²) in [6.45, 7) is 24.8. The molecule has 0 saturated carbocycles. The Bertz CT molecular complexity index is 2440. The van der Waals surface area contributed by atoms with Crippen molar-refractivity contribution in [1.82, 2.24) is 9.80 Å². The van der Waals surface area contributed by atoms with Crippen molar-refractivity contribution in [2.24, 2.45) is 0 Å². The molecule has 0 bridgehead atoms. The second kappa shape index (κ2) is 19.5. The lowest BCUT2D eigenvalue weighted by atomic mass is 9.82. The minimum Gasteiger partial charge on any atom is -0.456 e. The number of hydrogen-bond acceptors (Lipinski definition) is 9. The highest BCUT2D eigenvalue weighted by Gasteiger charge is 2.40. The molecule has 11 nitrogen and oxygen atoms in total. The number of methoxy groups -OCH3 is 1. The van der Waals surface area contributed by atoms with E-state index in [-0.39, 0.29) is 42.8 Å². The van der Waals surface area contributed by atoms with E-state index in [0.717, 1.165) is 82.9 Å². The van der Waals surface area contributed by atoms with E-state index in [1.165, 1.54) is 4.90 Å². The van der Waals surface area contributed by atoms with Gasteiger partial charge >= 0.3 is 0 Å². The zero-order chi connectivity index (χ0) is 47.1. The second-order valence-corrected chi connectivity index (χ2v) is 39.3. The van der Waals surface area contributed by atoms with Gasteiger partial charge in [0.1, 0.15) is 0 Å². The third-order valence-electron chi connectivity index (χ3n) is 12.7. The molecular weight excluding hydrogens is 885 g/mol. The molecule has 0 aliphatic carbocycles. The number of benzene rings is 5. The minimum atomic E-state index is -1.85. The molecule has 350 valence electrons. The van der Waals surface area contributed by atoms with Crippen molar-refractivity contribution < 1.29 is 41.6 Å². The Balaban J connectivity index is 1.17. The molecule has 2 aliphatic rings. The van der Waals surface area contributed by atoms with Gasteiger partial charge in [-0.2, -0.15) is 0 Å². The number of carbonyl (C=O) groups excluding carboxylic acids is 4. The number of fused-ring (bicyclic) bond motifs is 2. The van der Waals surface area contributed by atoms with Gasteiger partial charge in [0, 0.05) is 46.2 Å². The number of unbranched alkanes of at least 4 members (excludes halogenated alkanes) is 2. The van der Waals surface area contributed by atoms with Gasteiger partial charge in [0.25, 0.3) is 23.6 Å². The Kier molecular flexibility index (Phi) is 14.8. The smallest absolute Gasteiger partial charge is 0.261 e. The van der Waals surface area contributed by atoms with Crippen LogP contribution in [0.1, 0.15) is 80.0 Å². The molecule has 15 heteroatoms. The molecule has 65 heavy (non-hydrogen) atoms. The van der Waals surface area contributed by atoms with E-state index in [1.54, 1.807) is 12.0 Å². The first-order chi connectivity index (χ1) is 30.6. The zero-order valence-electron chi connectivity index (χ0n) is 40.7. The van der Waals surface area contributed by atoms with E-state index in [9.17, 15) is 19.2 Å². The number of imide groups is 2. The molecule has 5 aromatic rings. The average Bonchev–Trinajstić information content (AvgIpc) is 3.21. The Hall–Kier alpha value is -3.65. The van der Waals surface area contributed by atoms with Crippen LogP contribution >= 0.6 is 0 Å². The Morgan fingerprint density at radius 1 is 0.462 bits per heavy atom. The summed E-state index contributed by atoms with van der Waals surface area (Å²) in [7, 11) is -5.41. The molecule has 2 heterocycles. The van der Waals surface area contributed by atoms with Crippen molar-refractivity contribution in [1.29, 1.82) is 0 Å². The molecule has 0 N–H and O–H groups in total. The Morgan fingerprint density at radius 3 is 1.22 bits per heavy atom. The van der Waals surface area contributed by atoms with E-state index in [4.69, 9.17) is 22.4 Å². The van der Waals surface area contributed by atoms with Crippen LogP contribution in [0.3, 0.4) is 0 Å². The summed E-state index contributed by atoms with van der Waals surface area (Å²) in [6.07, 6.45) is 5.34. The molecule has 5 aromatic carbocycles. The summed E-state index contributed by atoms with van der Waals surface area (Å²) >= 11 is 0. The normalized spacial score (nSPS) is 15.1. The number of rotatable bonds is 24. The van der Waals surface area contributed by atoms with E-state index >= 15 is 0 Å². The van der Waals surface area contributed by atoms with Crippen LogP contribution in [0.2, 0.25) is 77.6 Å².